The first kappa shape index (κ1) is 15.5. The molecule has 0 spiro atoms. The van der Waals surface area contributed by atoms with Gasteiger partial charge in [0.1, 0.15) is 17.5 Å². The number of rotatable bonds is 5. The first-order valence-electron chi connectivity index (χ1n) is 6.72. The second-order valence-electron chi connectivity index (χ2n) is 4.71. The average Bonchev–Trinajstić information content (AvgIpc) is 2.54. The van der Waals surface area contributed by atoms with Gasteiger partial charge in [-0.2, -0.15) is 5.26 Å². The predicted octanol–water partition coefficient (Wildman–Crippen LogP) is 3.16. The van der Waals surface area contributed by atoms with Crippen molar-refractivity contribution in [2.75, 3.05) is 12.4 Å². The monoisotopic (exact) mass is 298 g/mol. The van der Waals surface area contributed by atoms with Crippen molar-refractivity contribution >= 4 is 11.6 Å². The molecule has 4 nitrogen and oxygen atoms in total. The molecule has 112 valence electrons. The summed E-state index contributed by atoms with van der Waals surface area (Å²) in [5.41, 5.74) is 0.868. The van der Waals surface area contributed by atoms with Gasteiger partial charge in [-0.05, 0) is 36.2 Å². The Morgan fingerprint density at radius 1 is 1.32 bits per heavy atom. The molecule has 0 aliphatic heterocycles. The lowest BCUT2D eigenvalue weighted by Crippen LogP contribution is -2.24. The summed E-state index contributed by atoms with van der Waals surface area (Å²) >= 11 is 0. The molecule has 1 amide bonds. The molecule has 0 saturated carbocycles. The van der Waals surface area contributed by atoms with Crippen LogP contribution in [0.5, 0.6) is 5.75 Å². The van der Waals surface area contributed by atoms with E-state index in [4.69, 9.17) is 4.74 Å². The van der Waals surface area contributed by atoms with E-state index in [9.17, 15) is 14.4 Å². The second kappa shape index (κ2) is 7.23. The van der Waals surface area contributed by atoms with E-state index >= 15 is 0 Å². The quantitative estimate of drug-likeness (QED) is 0.922. The van der Waals surface area contributed by atoms with Crippen molar-refractivity contribution in [2.24, 2.45) is 5.92 Å². The third-order valence-electron chi connectivity index (χ3n) is 3.18. The van der Waals surface area contributed by atoms with Crippen LogP contribution in [0.2, 0.25) is 0 Å². The molecule has 0 fully saturated rings. The summed E-state index contributed by atoms with van der Waals surface area (Å²) < 4.78 is 18.6. The number of nitrogens with one attached hydrogen (secondary N) is 1. The molecule has 1 unspecified atom stereocenters. The van der Waals surface area contributed by atoms with Gasteiger partial charge in [0.2, 0.25) is 5.91 Å². The van der Waals surface area contributed by atoms with Crippen LogP contribution in [0.25, 0.3) is 0 Å². The molecule has 2 aromatic carbocycles. The zero-order chi connectivity index (χ0) is 15.9. The maximum Gasteiger partial charge on any atom is 0.242 e. The van der Waals surface area contributed by atoms with E-state index in [0.717, 1.165) is 5.56 Å². The summed E-state index contributed by atoms with van der Waals surface area (Å²) in [4.78, 5) is 12.1. The highest BCUT2D eigenvalue weighted by Gasteiger charge is 2.19. The molecule has 22 heavy (non-hydrogen) atoms. The molecule has 0 radical (unpaired) electrons. The summed E-state index contributed by atoms with van der Waals surface area (Å²) in [7, 11) is 1.55. The van der Waals surface area contributed by atoms with Crippen LogP contribution in [0.4, 0.5) is 10.1 Å². The Morgan fingerprint density at radius 2 is 2.09 bits per heavy atom. The Balaban J connectivity index is 2.09. The number of hydrogen-bond donors (Lipinski definition) is 1. The molecular weight excluding hydrogens is 283 g/mol. The van der Waals surface area contributed by atoms with Crippen molar-refractivity contribution in [2.45, 2.75) is 6.42 Å². The van der Waals surface area contributed by atoms with Gasteiger partial charge in [-0.15, -0.1) is 0 Å². The van der Waals surface area contributed by atoms with Crippen LogP contribution >= 0.6 is 0 Å². The third-order valence-corrected chi connectivity index (χ3v) is 3.18. The van der Waals surface area contributed by atoms with E-state index in [1.54, 1.807) is 31.4 Å². The molecule has 2 rings (SSSR count). The molecule has 1 N–H and O–H groups in total. The van der Waals surface area contributed by atoms with Crippen LogP contribution in [0.1, 0.15) is 5.56 Å². The number of amides is 1. The number of hydrogen-bond acceptors (Lipinski definition) is 3. The molecule has 0 saturated heterocycles. The fraction of sp³-hybridized carbons (Fsp3) is 0.176. The van der Waals surface area contributed by atoms with E-state index in [1.807, 2.05) is 12.1 Å². The standard InChI is InChI=1S/C17H15FN2O2/c1-22-14-6-4-5-12(10-14)9-13(11-19)17(21)20-16-8-3-2-7-15(16)18/h2-8,10,13H,9H2,1H3,(H,20,21). The van der Waals surface area contributed by atoms with Crippen molar-refractivity contribution in [1.29, 1.82) is 5.26 Å². The molecule has 0 aliphatic carbocycles. The summed E-state index contributed by atoms with van der Waals surface area (Å²) in [6.45, 7) is 0. The Kier molecular flexibility index (Phi) is 5.10. The van der Waals surface area contributed by atoms with E-state index < -0.39 is 17.6 Å². The molecule has 0 aliphatic rings. The van der Waals surface area contributed by atoms with Gasteiger partial charge in [0.25, 0.3) is 0 Å². The van der Waals surface area contributed by atoms with Crippen LogP contribution in [-0.2, 0) is 11.2 Å². The predicted molar refractivity (Wildman–Crippen MR) is 80.8 cm³/mol. The number of halogens is 1. The van der Waals surface area contributed by atoms with Crippen LogP contribution in [-0.4, -0.2) is 13.0 Å². The molecule has 0 heterocycles. The SMILES string of the molecule is COc1cccc(CC(C#N)C(=O)Nc2ccccc2F)c1. The lowest BCUT2D eigenvalue weighted by Gasteiger charge is -2.11. The van der Waals surface area contributed by atoms with E-state index in [-0.39, 0.29) is 12.1 Å². The number of nitriles is 1. The van der Waals surface area contributed by atoms with Gasteiger partial charge in [0.05, 0.1) is 18.9 Å². The molecule has 0 aromatic heterocycles. The van der Waals surface area contributed by atoms with Gasteiger partial charge in [0, 0.05) is 0 Å². The number of benzene rings is 2. The fourth-order valence-corrected chi connectivity index (χ4v) is 2.01. The smallest absolute Gasteiger partial charge is 0.242 e. The zero-order valence-corrected chi connectivity index (χ0v) is 12.0. The van der Waals surface area contributed by atoms with Gasteiger partial charge >= 0.3 is 0 Å². The van der Waals surface area contributed by atoms with Gasteiger partial charge in [-0.3, -0.25) is 4.79 Å². The van der Waals surface area contributed by atoms with Crippen LogP contribution < -0.4 is 10.1 Å². The summed E-state index contributed by atoms with van der Waals surface area (Å²) in [5, 5.41) is 11.6. The average molecular weight is 298 g/mol. The van der Waals surface area contributed by atoms with Gasteiger partial charge < -0.3 is 10.1 Å². The third kappa shape index (κ3) is 3.83. The molecule has 5 heteroatoms. The number of methoxy groups -OCH3 is 1. The largest absolute Gasteiger partial charge is 0.497 e. The van der Waals surface area contributed by atoms with Gasteiger partial charge in [-0.25, -0.2) is 4.39 Å². The van der Waals surface area contributed by atoms with Gasteiger partial charge in [-0.1, -0.05) is 24.3 Å². The maximum atomic E-state index is 13.5. The fourth-order valence-electron chi connectivity index (χ4n) is 2.01. The van der Waals surface area contributed by atoms with Crippen molar-refractivity contribution in [1.82, 2.24) is 0 Å². The zero-order valence-electron chi connectivity index (χ0n) is 12.0. The molecule has 2 aromatic rings. The Labute approximate surface area is 128 Å². The van der Waals surface area contributed by atoms with E-state index in [1.165, 1.54) is 18.2 Å². The summed E-state index contributed by atoms with van der Waals surface area (Å²) in [6.07, 6.45) is 0.230. The minimum atomic E-state index is -0.910. The van der Waals surface area contributed by atoms with E-state index in [0.29, 0.717) is 5.75 Å². The Hall–Kier alpha value is -2.87. The van der Waals surface area contributed by atoms with Crippen molar-refractivity contribution in [3.05, 3.63) is 59.9 Å². The Morgan fingerprint density at radius 3 is 2.77 bits per heavy atom. The molecular formula is C17H15FN2O2. The number of nitrogens with zero attached hydrogens (tertiary/aromatic N) is 1. The first-order chi connectivity index (χ1) is 10.6. The minimum absolute atomic E-state index is 0.0680. The highest BCUT2D eigenvalue weighted by Crippen LogP contribution is 2.18. The van der Waals surface area contributed by atoms with Crippen molar-refractivity contribution < 1.29 is 13.9 Å². The maximum absolute atomic E-state index is 13.5. The number of carbonyl (C=O) groups excluding carboxylic acids is 1. The van der Waals surface area contributed by atoms with Crippen LogP contribution in [0.15, 0.2) is 48.5 Å². The summed E-state index contributed by atoms with van der Waals surface area (Å²) in [5.74, 6) is -1.32. The van der Waals surface area contributed by atoms with E-state index in [2.05, 4.69) is 5.32 Å². The van der Waals surface area contributed by atoms with Crippen molar-refractivity contribution in [3.63, 3.8) is 0 Å². The minimum Gasteiger partial charge on any atom is -0.497 e. The second-order valence-corrected chi connectivity index (χ2v) is 4.71. The summed E-state index contributed by atoms with van der Waals surface area (Å²) in [6, 6.07) is 14.9. The lowest BCUT2D eigenvalue weighted by atomic mass is 9.99. The number of anilines is 1. The van der Waals surface area contributed by atoms with Gasteiger partial charge in [0.15, 0.2) is 0 Å². The highest BCUT2D eigenvalue weighted by atomic mass is 19.1. The van der Waals surface area contributed by atoms with Crippen molar-refractivity contribution in [3.8, 4) is 11.8 Å². The first-order valence-corrected chi connectivity index (χ1v) is 6.72. The normalized spacial score (nSPS) is 11.3. The molecule has 0 bridgehead atoms. The van der Waals surface area contributed by atoms with Crippen LogP contribution in [0, 0.1) is 23.1 Å². The Bertz CT molecular complexity index is 710. The van der Waals surface area contributed by atoms with Crippen LogP contribution in [0.3, 0.4) is 0 Å². The lowest BCUT2D eigenvalue weighted by molar-refractivity contribution is -0.118. The number of para-hydroxylation sites is 1. The number of carbonyl (C=O) groups is 1. The highest BCUT2D eigenvalue weighted by molar-refractivity contribution is 5.94. The molecule has 1 atom stereocenters. The topological polar surface area (TPSA) is 62.1 Å². The number of ether oxygens (including phenoxy) is 1.